The SMILES string of the molecule is [CH2]c1ccc([N+](=O)[O-])c(OCC2CC2)c1. The molecule has 0 heterocycles. The van der Waals surface area contributed by atoms with E-state index in [1.165, 1.54) is 6.07 Å². The summed E-state index contributed by atoms with van der Waals surface area (Å²) in [7, 11) is 0. The predicted octanol–water partition coefficient (Wildman–Crippen LogP) is 2.57. The van der Waals surface area contributed by atoms with Crippen molar-refractivity contribution in [3.8, 4) is 5.75 Å². The first-order chi connectivity index (χ1) is 7.16. The van der Waals surface area contributed by atoms with Crippen molar-refractivity contribution in [1.29, 1.82) is 0 Å². The van der Waals surface area contributed by atoms with E-state index in [9.17, 15) is 10.1 Å². The van der Waals surface area contributed by atoms with Crippen LogP contribution in [0, 0.1) is 23.0 Å². The van der Waals surface area contributed by atoms with Crippen molar-refractivity contribution in [2.75, 3.05) is 6.61 Å². The molecule has 0 unspecified atom stereocenters. The molecule has 0 atom stereocenters. The van der Waals surface area contributed by atoms with Gasteiger partial charge in [-0.05, 0) is 37.3 Å². The van der Waals surface area contributed by atoms with Crippen LogP contribution in [0.1, 0.15) is 18.4 Å². The van der Waals surface area contributed by atoms with Crippen molar-refractivity contribution >= 4 is 5.69 Å². The van der Waals surface area contributed by atoms with Crippen molar-refractivity contribution in [2.24, 2.45) is 5.92 Å². The Labute approximate surface area is 88.0 Å². The van der Waals surface area contributed by atoms with Gasteiger partial charge in [0.2, 0.25) is 0 Å². The Morgan fingerprint density at radius 1 is 1.53 bits per heavy atom. The highest BCUT2D eigenvalue weighted by Crippen LogP contribution is 2.32. The molecule has 0 spiro atoms. The number of nitro groups is 1. The maximum Gasteiger partial charge on any atom is 0.310 e. The minimum Gasteiger partial charge on any atom is -0.487 e. The third kappa shape index (κ3) is 2.46. The second kappa shape index (κ2) is 3.88. The van der Waals surface area contributed by atoms with E-state index in [1.807, 2.05) is 0 Å². The summed E-state index contributed by atoms with van der Waals surface area (Å²) in [5, 5.41) is 10.7. The fraction of sp³-hybridized carbons (Fsp3) is 0.364. The summed E-state index contributed by atoms with van der Waals surface area (Å²) in [6.07, 6.45) is 2.33. The standard InChI is InChI=1S/C11H12NO3/c1-8-2-5-10(12(13)14)11(6-8)15-7-9-3-4-9/h2,5-6,9H,1,3-4,7H2. The summed E-state index contributed by atoms with van der Waals surface area (Å²) in [6.45, 7) is 4.30. The number of nitrogens with zero attached hydrogens (tertiary/aromatic N) is 1. The molecule has 0 amide bonds. The fourth-order valence-corrected chi connectivity index (χ4v) is 1.32. The molecule has 1 radical (unpaired) electrons. The highest BCUT2D eigenvalue weighted by atomic mass is 16.6. The van der Waals surface area contributed by atoms with Crippen molar-refractivity contribution in [3.05, 3.63) is 40.8 Å². The van der Waals surface area contributed by atoms with Crippen LogP contribution in [-0.2, 0) is 0 Å². The van der Waals surface area contributed by atoms with Crippen molar-refractivity contribution in [3.63, 3.8) is 0 Å². The molecule has 0 bridgehead atoms. The van der Waals surface area contributed by atoms with Gasteiger partial charge < -0.3 is 4.74 Å². The minimum absolute atomic E-state index is 0.0167. The highest BCUT2D eigenvalue weighted by molar-refractivity contribution is 5.49. The van der Waals surface area contributed by atoms with E-state index in [0.717, 1.165) is 18.4 Å². The monoisotopic (exact) mass is 206 g/mol. The van der Waals surface area contributed by atoms with Crippen LogP contribution in [0.25, 0.3) is 0 Å². The second-order valence-corrected chi connectivity index (χ2v) is 3.81. The smallest absolute Gasteiger partial charge is 0.310 e. The van der Waals surface area contributed by atoms with Gasteiger partial charge in [-0.15, -0.1) is 0 Å². The van der Waals surface area contributed by atoms with Crippen LogP contribution in [-0.4, -0.2) is 11.5 Å². The van der Waals surface area contributed by atoms with Crippen molar-refractivity contribution < 1.29 is 9.66 Å². The lowest BCUT2D eigenvalue weighted by atomic mass is 10.2. The minimum atomic E-state index is -0.429. The van der Waals surface area contributed by atoms with E-state index in [0.29, 0.717) is 18.3 Å². The normalized spacial score (nSPS) is 15.0. The lowest BCUT2D eigenvalue weighted by Crippen LogP contribution is -2.02. The Kier molecular flexibility index (Phi) is 2.58. The lowest BCUT2D eigenvalue weighted by Gasteiger charge is -2.06. The van der Waals surface area contributed by atoms with Gasteiger partial charge in [-0.25, -0.2) is 0 Å². The number of nitro benzene ring substituents is 1. The van der Waals surface area contributed by atoms with Gasteiger partial charge in [-0.1, -0.05) is 6.07 Å². The number of rotatable bonds is 4. The van der Waals surface area contributed by atoms with Crippen LogP contribution >= 0.6 is 0 Å². The predicted molar refractivity (Wildman–Crippen MR) is 55.8 cm³/mol. The molecule has 1 aromatic rings. The maximum absolute atomic E-state index is 10.7. The average Bonchev–Trinajstić information content (AvgIpc) is 2.97. The van der Waals surface area contributed by atoms with Gasteiger partial charge in [0.25, 0.3) is 0 Å². The third-order valence-electron chi connectivity index (χ3n) is 2.39. The van der Waals surface area contributed by atoms with E-state index in [1.54, 1.807) is 12.1 Å². The Morgan fingerprint density at radius 2 is 2.27 bits per heavy atom. The van der Waals surface area contributed by atoms with Crippen LogP contribution in [0.15, 0.2) is 18.2 Å². The summed E-state index contributed by atoms with van der Waals surface area (Å²) in [6, 6.07) is 4.66. The lowest BCUT2D eigenvalue weighted by molar-refractivity contribution is -0.385. The maximum atomic E-state index is 10.7. The zero-order chi connectivity index (χ0) is 10.8. The summed E-state index contributed by atoms with van der Waals surface area (Å²) in [5.74, 6) is 0.914. The molecule has 1 aromatic carbocycles. The molecule has 1 saturated carbocycles. The van der Waals surface area contributed by atoms with Gasteiger partial charge in [0, 0.05) is 6.07 Å². The first-order valence-corrected chi connectivity index (χ1v) is 4.90. The topological polar surface area (TPSA) is 52.4 Å². The Balaban J connectivity index is 2.16. The zero-order valence-corrected chi connectivity index (χ0v) is 8.31. The Bertz CT molecular complexity index is 385. The summed E-state index contributed by atoms with van der Waals surface area (Å²) >= 11 is 0. The van der Waals surface area contributed by atoms with Gasteiger partial charge in [0.15, 0.2) is 5.75 Å². The van der Waals surface area contributed by atoms with E-state index in [2.05, 4.69) is 6.92 Å². The van der Waals surface area contributed by atoms with Gasteiger partial charge in [0.1, 0.15) is 0 Å². The molecule has 0 aromatic heterocycles. The molecule has 4 heteroatoms. The zero-order valence-electron chi connectivity index (χ0n) is 8.31. The van der Waals surface area contributed by atoms with Gasteiger partial charge in [0.05, 0.1) is 11.5 Å². The van der Waals surface area contributed by atoms with Gasteiger partial charge >= 0.3 is 5.69 Å². The molecule has 1 aliphatic carbocycles. The fourth-order valence-electron chi connectivity index (χ4n) is 1.32. The second-order valence-electron chi connectivity index (χ2n) is 3.81. The molecule has 0 saturated heterocycles. The summed E-state index contributed by atoms with van der Waals surface area (Å²) < 4.78 is 5.42. The largest absolute Gasteiger partial charge is 0.487 e. The quantitative estimate of drug-likeness (QED) is 0.562. The average molecular weight is 206 g/mol. The molecule has 0 N–H and O–H groups in total. The molecule has 15 heavy (non-hydrogen) atoms. The van der Waals surface area contributed by atoms with Crippen molar-refractivity contribution in [1.82, 2.24) is 0 Å². The van der Waals surface area contributed by atoms with E-state index in [-0.39, 0.29) is 5.69 Å². The Hall–Kier alpha value is -1.58. The van der Waals surface area contributed by atoms with Crippen LogP contribution in [0.4, 0.5) is 5.69 Å². The van der Waals surface area contributed by atoms with E-state index >= 15 is 0 Å². The Morgan fingerprint density at radius 3 is 2.87 bits per heavy atom. The highest BCUT2D eigenvalue weighted by Gasteiger charge is 2.23. The molecule has 1 aliphatic rings. The molecular weight excluding hydrogens is 194 g/mol. The van der Waals surface area contributed by atoms with E-state index < -0.39 is 4.92 Å². The first-order valence-electron chi connectivity index (χ1n) is 4.90. The van der Waals surface area contributed by atoms with Crippen LogP contribution in [0.3, 0.4) is 0 Å². The van der Waals surface area contributed by atoms with Crippen LogP contribution < -0.4 is 4.74 Å². The van der Waals surface area contributed by atoms with Crippen LogP contribution in [0.5, 0.6) is 5.75 Å². The van der Waals surface area contributed by atoms with Crippen molar-refractivity contribution in [2.45, 2.75) is 12.8 Å². The third-order valence-corrected chi connectivity index (χ3v) is 2.39. The van der Waals surface area contributed by atoms with Gasteiger partial charge in [-0.2, -0.15) is 0 Å². The van der Waals surface area contributed by atoms with E-state index in [4.69, 9.17) is 4.74 Å². The number of hydrogen-bond acceptors (Lipinski definition) is 3. The van der Waals surface area contributed by atoms with Gasteiger partial charge in [-0.3, -0.25) is 10.1 Å². The molecule has 1 fully saturated rings. The molecule has 0 aliphatic heterocycles. The number of hydrogen-bond donors (Lipinski definition) is 0. The molecule has 4 nitrogen and oxygen atoms in total. The summed E-state index contributed by atoms with van der Waals surface area (Å²) in [4.78, 5) is 10.3. The molecule has 79 valence electrons. The summed E-state index contributed by atoms with van der Waals surface area (Å²) in [5.41, 5.74) is 0.745. The molecular formula is C11H12NO3. The first kappa shape index (κ1) is 9.96. The number of benzene rings is 1. The number of ether oxygens (including phenoxy) is 1. The molecule has 2 rings (SSSR count). The van der Waals surface area contributed by atoms with Crippen LogP contribution in [0.2, 0.25) is 0 Å².